The van der Waals surface area contributed by atoms with Crippen LogP contribution in [0, 0.1) is 6.92 Å². The Balaban J connectivity index is 0.000000550. The highest BCUT2D eigenvalue weighted by molar-refractivity contribution is 7.97. The number of halogens is 3. The number of rotatable bonds is 5. The zero-order valence-corrected chi connectivity index (χ0v) is 24.1. The Hall–Kier alpha value is -2.69. The molecule has 0 spiro atoms. The molecule has 3 aromatic rings. The predicted molar refractivity (Wildman–Crippen MR) is 143 cm³/mol. The molecular formula is C28H33F3O5S2. The Morgan fingerprint density at radius 2 is 1.05 bits per heavy atom. The van der Waals surface area contributed by atoms with E-state index in [9.17, 15) is 13.2 Å². The highest BCUT2D eigenvalue weighted by Crippen LogP contribution is 2.34. The summed E-state index contributed by atoms with van der Waals surface area (Å²) < 4.78 is 70.9. The van der Waals surface area contributed by atoms with Gasteiger partial charge in [0.05, 0.1) is 10.9 Å². The molecule has 0 aliphatic heterocycles. The van der Waals surface area contributed by atoms with Crippen molar-refractivity contribution in [2.75, 3.05) is 0 Å². The highest BCUT2D eigenvalue weighted by Gasteiger charge is 2.37. The van der Waals surface area contributed by atoms with Crippen LogP contribution in [0.15, 0.2) is 87.5 Å². The van der Waals surface area contributed by atoms with Gasteiger partial charge in [0.2, 0.25) is 0 Å². The molecule has 0 N–H and O–H groups in total. The molecule has 5 nitrogen and oxygen atoms in total. The normalized spacial score (nSPS) is 12.5. The second kappa shape index (κ2) is 12.0. The van der Waals surface area contributed by atoms with E-state index in [2.05, 4.69) is 121 Å². The molecule has 0 amide bonds. The van der Waals surface area contributed by atoms with E-state index in [1.807, 2.05) is 0 Å². The van der Waals surface area contributed by atoms with Crippen molar-refractivity contribution in [3.05, 3.63) is 78.4 Å². The fourth-order valence-electron chi connectivity index (χ4n) is 3.15. The molecule has 0 saturated heterocycles. The van der Waals surface area contributed by atoms with Crippen molar-refractivity contribution in [2.24, 2.45) is 0 Å². The molecule has 0 saturated carbocycles. The van der Waals surface area contributed by atoms with Crippen LogP contribution in [0.2, 0.25) is 0 Å². The summed E-state index contributed by atoms with van der Waals surface area (Å²) in [7, 11) is -6.29. The van der Waals surface area contributed by atoms with E-state index in [0.717, 1.165) is 11.5 Å². The van der Waals surface area contributed by atoms with Crippen molar-refractivity contribution in [3.63, 3.8) is 0 Å². The molecule has 0 radical (unpaired) electrons. The number of aryl methyl sites for hydroxylation is 1. The molecule has 0 bridgehead atoms. The summed E-state index contributed by atoms with van der Waals surface area (Å²) in [6.07, 6.45) is 0. The van der Waals surface area contributed by atoms with Crippen LogP contribution in [-0.4, -0.2) is 29.7 Å². The van der Waals surface area contributed by atoms with Crippen LogP contribution >= 0.6 is 0 Å². The molecule has 208 valence electrons. The minimum absolute atomic E-state index is 0.199. The molecule has 0 aromatic heterocycles. The maximum atomic E-state index is 10.7. The lowest BCUT2D eigenvalue weighted by Crippen LogP contribution is -2.23. The average Bonchev–Trinajstić information content (AvgIpc) is 2.73. The van der Waals surface area contributed by atoms with Crippen LogP contribution in [0.5, 0.6) is 11.5 Å². The van der Waals surface area contributed by atoms with Crippen molar-refractivity contribution >= 4 is 21.0 Å². The number of benzene rings is 3. The zero-order chi connectivity index (χ0) is 28.9. The van der Waals surface area contributed by atoms with Crippen LogP contribution in [-0.2, 0) is 21.0 Å². The van der Waals surface area contributed by atoms with Crippen molar-refractivity contribution in [1.29, 1.82) is 0 Å². The average molecular weight is 571 g/mol. The van der Waals surface area contributed by atoms with E-state index in [4.69, 9.17) is 22.4 Å². The van der Waals surface area contributed by atoms with E-state index < -0.39 is 15.6 Å². The molecule has 0 unspecified atom stereocenters. The summed E-state index contributed by atoms with van der Waals surface area (Å²) in [4.78, 5) is 3.85. The van der Waals surface area contributed by atoms with Gasteiger partial charge in [-0.15, -0.1) is 0 Å². The fraction of sp³-hybridized carbons (Fsp3) is 0.357. The van der Waals surface area contributed by atoms with E-state index in [-0.39, 0.29) is 22.1 Å². The second-order valence-electron chi connectivity index (χ2n) is 10.4. The number of hydrogen-bond donors (Lipinski definition) is 0. The summed E-state index contributed by atoms with van der Waals surface area (Å²) in [6.45, 7) is 14.6. The van der Waals surface area contributed by atoms with Gasteiger partial charge in [-0.25, -0.2) is 8.42 Å². The van der Waals surface area contributed by atoms with Gasteiger partial charge >= 0.3 is 5.51 Å². The van der Waals surface area contributed by atoms with Gasteiger partial charge in [0.15, 0.2) is 24.8 Å². The topological polar surface area (TPSA) is 75.7 Å². The van der Waals surface area contributed by atoms with Crippen molar-refractivity contribution in [3.8, 4) is 11.5 Å². The maximum absolute atomic E-state index is 10.7. The summed E-state index contributed by atoms with van der Waals surface area (Å²) >= 11 is 0. The monoisotopic (exact) mass is 570 g/mol. The molecule has 3 rings (SSSR count). The van der Waals surface area contributed by atoms with Gasteiger partial charge in [-0.3, -0.25) is 0 Å². The standard InChI is InChI=1S/C27H33O2S.CHF3O3S/c1-20-9-8-10-25(19-20)30(23-15-11-21(12-16-23)28-26(2,3)4)24-17-13-22(14-18-24)29-27(5,6)7;2-1(3,4)8(5,6)7/h8-19H,1-7H3;(H,5,6,7)/q+1;/p-1. The zero-order valence-electron chi connectivity index (χ0n) is 22.4. The smallest absolute Gasteiger partial charge is 0.485 e. The summed E-state index contributed by atoms with van der Waals surface area (Å²) in [5.74, 6) is 1.79. The first-order chi connectivity index (χ1) is 17.2. The summed E-state index contributed by atoms with van der Waals surface area (Å²) in [5, 5.41) is 0. The number of ether oxygens (including phenoxy) is 2. The fourth-order valence-corrected chi connectivity index (χ4v) is 5.30. The van der Waals surface area contributed by atoms with Crippen molar-refractivity contribution in [1.82, 2.24) is 0 Å². The van der Waals surface area contributed by atoms with Gasteiger partial charge in [-0.2, -0.15) is 13.2 Å². The van der Waals surface area contributed by atoms with Crippen molar-refractivity contribution in [2.45, 2.75) is 79.9 Å². The van der Waals surface area contributed by atoms with Crippen LogP contribution in [0.25, 0.3) is 0 Å². The molecule has 0 aliphatic rings. The predicted octanol–water partition coefficient (Wildman–Crippen LogP) is 7.50. The van der Waals surface area contributed by atoms with Crippen LogP contribution in [0.3, 0.4) is 0 Å². The Kier molecular flexibility index (Phi) is 9.96. The molecule has 0 fully saturated rings. The Labute approximate surface area is 226 Å². The number of hydrogen-bond acceptors (Lipinski definition) is 5. The van der Waals surface area contributed by atoms with Gasteiger partial charge < -0.3 is 14.0 Å². The summed E-state index contributed by atoms with van der Waals surface area (Å²) in [5.41, 5.74) is -4.79. The Bertz CT molecular complexity index is 1230. The molecule has 0 atom stereocenters. The maximum Gasteiger partial charge on any atom is 0.485 e. The van der Waals surface area contributed by atoms with Crippen LogP contribution in [0.1, 0.15) is 47.1 Å². The first-order valence-electron chi connectivity index (χ1n) is 11.7. The highest BCUT2D eigenvalue weighted by atomic mass is 32.2. The Morgan fingerprint density at radius 3 is 1.34 bits per heavy atom. The van der Waals surface area contributed by atoms with E-state index in [1.165, 1.54) is 20.2 Å². The lowest BCUT2D eigenvalue weighted by atomic mass is 10.2. The lowest BCUT2D eigenvalue weighted by Gasteiger charge is -2.21. The second-order valence-corrected chi connectivity index (χ2v) is 13.8. The minimum atomic E-state index is -6.09. The Morgan fingerprint density at radius 1 is 0.684 bits per heavy atom. The van der Waals surface area contributed by atoms with Gasteiger partial charge in [0.25, 0.3) is 0 Å². The molecule has 0 aliphatic carbocycles. The summed E-state index contributed by atoms with van der Waals surface area (Å²) in [6, 6.07) is 25.8. The molecule has 10 heteroatoms. The minimum Gasteiger partial charge on any atom is -0.741 e. The van der Waals surface area contributed by atoms with E-state index >= 15 is 0 Å². The first-order valence-corrected chi connectivity index (χ1v) is 14.3. The first kappa shape index (κ1) is 31.5. The third kappa shape index (κ3) is 10.2. The third-order valence-electron chi connectivity index (χ3n) is 4.48. The van der Waals surface area contributed by atoms with Gasteiger partial charge in [0.1, 0.15) is 22.7 Å². The van der Waals surface area contributed by atoms with Gasteiger partial charge in [0, 0.05) is 0 Å². The SMILES string of the molecule is Cc1cccc([S+](c2ccc(OC(C)(C)C)cc2)c2ccc(OC(C)(C)C)cc2)c1.O=S(=O)([O-])C(F)(F)F. The van der Waals surface area contributed by atoms with Crippen LogP contribution in [0.4, 0.5) is 13.2 Å². The van der Waals surface area contributed by atoms with E-state index in [0.29, 0.717) is 0 Å². The lowest BCUT2D eigenvalue weighted by molar-refractivity contribution is -0.0517. The molecule has 38 heavy (non-hydrogen) atoms. The molecular weight excluding hydrogens is 537 g/mol. The quantitative estimate of drug-likeness (QED) is 0.180. The van der Waals surface area contributed by atoms with Crippen molar-refractivity contribution < 1.29 is 35.6 Å². The van der Waals surface area contributed by atoms with Gasteiger partial charge in [-0.05, 0) is 115 Å². The largest absolute Gasteiger partial charge is 0.741 e. The van der Waals surface area contributed by atoms with Crippen LogP contribution < -0.4 is 9.47 Å². The third-order valence-corrected chi connectivity index (χ3v) is 7.26. The molecule has 3 aromatic carbocycles. The molecule has 0 heterocycles. The van der Waals surface area contributed by atoms with E-state index in [1.54, 1.807) is 0 Å². The number of alkyl halides is 3. The van der Waals surface area contributed by atoms with Gasteiger partial charge in [-0.1, -0.05) is 12.1 Å².